The zero-order chi connectivity index (χ0) is 18.4. The Morgan fingerprint density at radius 2 is 1.96 bits per heavy atom. The zero-order valence-corrected chi connectivity index (χ0v) is 14.4. The molecule has 0 fully saturated rings. The number of carbonyl (C=O) groups excluding carboxylic acids is 2. The molecule has 1 atom stereocenters. The Kier molecular flexibility index (Phi) is 4.26. The summed E-state index contributed by atoms with van der Waals surface area (Å²) in [5.41, 5.74) is 0.157. The fourth-order valence-corrected chi connectivity index (χ4v) is 4.50. The van der Waals surface area contributed by atoms with E-state index in [-0.39, 0.29) is 21.3 Å². The van der Waals surface area contributed by atoms with Gasteiger partial charge in [-0.15, -0.1) is 0 Å². The van der Waals surface area contributed by atoms with E-state index >= 15 is 0 Å². The Labute approximate surface area is 148 Å². The van der Waals surface area contributed by atoms with Crippen LogP contribution in [0.15, 0.2) is 47.4 Å². The summed E-state index contributed by atoms with van der Waals surface area (Å²) in [6.45, 7) is 0. The van der Waals surface area contributed by atoms with Gasteiger partial charge in [-0.3, -0.25) is 9.59 Å². The van der Waals surface area contributed by atoms with Crippen molar-refractivity contribution in [1.82, 2.24) is 0 Å². The lowest BCUT2D eigenvalue weighted by atomic mass is 10.2. The molecule has 0 aliphatic carbocycles. The molecule has 1 heterocycles. The van der Waals surface area contributed by atoms with Gasteiger partial charge in [0.05, 0.1) is 10.6 Å². The summed E-state index contributed by atoms with van der Waals surface area (Å²) >= 11 is 5.86. The maximum atomic E-state index is 13.2. The predicted octanol–water partition coefficient (Wildman–Crippen LogP) is 2.24. The minimum Gasteiger partial charge on any atom is -0.324 e. The Hall–Kier alpha value is -2.45. The zero-order valence-electron chi connectivity index (χ0n) is 12.9. The second-order valence-electron chi connectivity index (χ2n) is 5.43. The van der Waals surface area contributed by atoms with Crippen molar-refractivity contribution in [2.45, 2.75) is 10.1 Å². The fourth-order valence-electron chi connectivity index (χ4n) is 2.57. The molecule has 0 radical (unpaired) electrons. The SMILES string of the molecule is CN1C(=O)C(C(=O)Nc2cccc(F)c2)S(=O)(=O)c2ccc(Cl)cc21. The van der Waals surface area contributed by atoms with Crippen LogP contribution in [-0.4, -0.2) is 32.5 Å². The molecule has 25 heavy (non-hydrogen) atoms. The number of hydrogen-bond acceptors (Lipinski definition) is 4. The average molecular weight is 383 g/mol. The molecule has 2 aromatic rings. The van der Waals surface area contributed by atoms with Crippen molar-refractivity contribution in [2.24, 2.45) is 0 Å². The largest absolute Gasteiger partial charge is 0.324 e. The molecule has 1 unspecified atom stereocenters. The van der Waals surface area contributed by atoms with Gasteiger partial charge in [0, 0.05) is 17.8 Å². The van der Waals surface area contributed by atoms with Gasteiger partial charge in [-0.25, -0.2) is 12.8 Å². The van der Waals surface area contributed by atoms with Crippen LogP contribution in [0.25, 0.3) is 0 Å². The average Bonchev–Trinajstić information content (AvgIpc) is 2.52. The van der Waals surface area contributed by atoms with Crippen molar-refractivity contribution in [3.05, 3.63) is 53.3 Å². The molecular weight excluding hydrogens is 371 g/mol. The van der Waals surface area contributed by atoms with Crippen molar-refractivity contribution in [3.8, 4) is 0 Å². The normalized spacial score (nSPS) is 18.6. The number of fused-ring (bicyclic) bond motifs is 1. The van der Waals surface area contributed by atoms with Crippen molar-refractivity contribution in [1.29, 1.82) is 0 Å². The summed E-state index contributed by atoms with van der Waals surface area (Å²) in [6, 6.07) is 8.89. The molecule has 0 aromatic heterocycles. The molecule has 1 N–H and O–H groups in total. The highest BCUT2D eigenvalue weighted by Gasteiger charge is 2.47. The van der Waals surface area contributed by atoms with Crippen molar-refractivity contribution >= 4 is 44.6 Å². The van der Waals surface area contributed by atoms with Gasteiger partial charge in [-0.05, 0) is 36.4 Å². The summed E-state index contributed by atoms with van der Waals surface area (Å²) in [4.78, 5) is 25.8. The number of nitrogens with zero attached hydrogens (tertiary/aromatic N) is 1. The van der Waals surface area contributed by atoms with E-state index in [1.54, 1.807) is 0 Å². The van der Waals surface area contributed by atoms with Crippen molar-refractivity contribution in [3.63, 3.8) is 0 Å². The summed E-state index contributed by atoms with van der Waals surface area (Å²) in [5.74, 6) is -2.57. The smallest absolute Gasteiger partial charge is 0.255 e. The van der Waals surface area contributed by atoms with Crippen LogP contribution in [0, 0.1) is 5.82 Å². The molecule has 2 amide bonds. The quantitative estimate of drug-likeness (QED) is 0.807. The van der Waals surface area contributed by atoms with Gasteiger partial charge in [0.1, 0.15) is 5.82 Å². The number of rotatable bonds is 2. The van der Waals surface area contributed by atoms with Crippen LogP contribution in [0.1, 0.15) is 0 Å². The Morgan fingerprint density at radius 3 is 2.64 bits per heavy atom. The first-order valence-electron chi connectivity index (χ1n) is 7.09. The van der Waals surface area contributed by atoms with E-state index in [0.29, 0.717) is 0 Å². The molecular formula is C16H12ClFN2O4S. The molecule has 1 aliphatic rings. The molecule has 130 valence electrons. The van der Waals surface area contributed by atoms with Gasteiger partial charge in [0.25, 0.3) is 11.8 Å². The first-order valence-corrected chi connectivity index (χ1v) is 9.01. The predicted molar refractivity (Wildman–Crippen MR) is 90.9 cm³/mol. The van der Waals surface area contributed by atoms with Crippen LogP contribution in [-0.2, 0) is 19.4 Å². The van der Waals surface area contributed by atoms with E-state index in [2.05, 4.69) is 5.32 Å². The van der Waals surface area contributed by atoms with Gasteiger partial charge < -0.3 is 10.2 Å². The number of sulfone groups is 1. The van der Waals surface area contributed by atoms with Gasteiger partial charge in [-0.2, -0.15) is 0 Å². The van der Waals surface area contributed by atoms with E-state index in [9.17, 15) is 22.4 Å². The summed E-state index contributed by atoms with van der Waals surface area (Å²) in [5, 5.41) is 0.567. The van der Waals surface area contributed by atoms with E-state index in [1.165, 1.54) is 43.4 Å². The summed E-state index contributed by atoms with van der Waals surface area (Å²) < 4.78 is 38.7. The first kappa shape index (κ1) is 17.4. The second kappa shape index (κ2) is 6.12. The minimum absolute atomic E-state index is 0.0533. The van der Waals surface area contributed by atoms with Crippen LogP contribution >= 0.6 is 11.6 Å². The van der Waals surface area contributed by atoms with Gasteiger partial charge >= 0.3 is 0 Å². The third kappa shape index (κ3) is 2.98. The molecule has 0 saturated heterocycles. The number of benzene rings is 2. The van der Waals surface area contributed by atoms with E-state index in [0.717, 1.165) is 11.0 Å². The van der Waals surface area contributed by atoms with Crippen LogP contribution in [0.2, 0.25) is 5.02 Å². The monoisotopic (exact) mass is 382 g/mol. The van der Waals surface area contributed by atoms with Crippen molar-refractivity contribution < 1.29 is 22.4 Å². The molecule has 6 nitrogen and oxygen atoms in total. The van der Waals surface area contributed by atoms with E-state index in [4.69, 9.17) is 11.6 Å². The molecule has 0 saturated carbocycles. The molecule has 0 bridgehead atoms. The number of halogens is 2. The van der Waals surface area contributed by atoms with Gasteiger partial charge in [-0.1, -0.05) is 17.7 Å². The van der Waals surface area contributed by atoms with E-state index in [1.807, 2.05) is 0 Å². The van der Waals surface area contributed by atoms with Crippen LogP contribution < -0.4 is 10.2 Å². The molecule has 3 rings (SSSR count). The third-order valence-electron chi connectivity index (χ3n) is 3.78. The van der Waals surface area contributed by atoms with Crippen LogP contribution in [0.4, 0.5) is 15.8 Å². The third-order valence-corrected chi connectivity index (χ3v) is 6.01. The summed E-state index contributed by atoms with van der Waals surface area (Å²) in [6.07, 6.45) is 0. The highest BCUT2D eigenvalue weighted by atomic mass is 35.5. The van der Waals surface area contributed by atoms with Crippen LogP contribution in [0.5, 0.6) is 0 Å². The lowest BCUT2D eigenvalue weighted by molar-refractivity contribution is -0.124. The standard InChI is InChI=1S/C16H12ClFN2O4S/c1-20-12-7-9(17)5-6-13(12)25(23,24)14(16(20)22)15(21)19-11-4-2-3-10(18)8-11/h2-8,14H,1H3,(H,19,21). The highest BCUT2D eigenvalue weighted by Crippen LogP contribution is 2.36. The van der Waals surface area contributed by atoms with Gasteiger partial charge in [0.2, 0.25) is 15.1 Å². The number of carbonyl (C=O) groups is 2. The Balaban J connectivity index is 2.03. The molecule has 1 aliphatic heterocycles. The second-order valence-corrected chi connectivity index (χ2v) is 7.87. The van der Waals surface area contributed by atoms with Gasteiger partial charge in [0.15, 0.2) is 0 Å². The number of anilines is 2. The maximum Gasteiger partial charge on any atom is 0.255 e. The maximum absolute atomic E-state index is 13.2. The first-order chi connectivity index (χ1) is 11.7. The Bertz CT molecular complexity index is 993. The number of amides is 2. The topological polar surface area (TPSA) is 83.6 Å². The number of hydrogen-bond donors (Lipinski definition) is 1. The lowest BCUT2D eigenvalue weighted by Crippen LogP contribution is -2.51. The number of nitrogens with one attached hydrogen (secondary N) is 1. The van der Waals surface area contributed by atoms with Crippen LogP contribution in [0.3, 0.4) is 0 Å². The molecule has 2 aromatic carbocycles. The lowest BCUT2D eigenvalue weighted by Gasteiger charge is -2.30. The molecule has 9 heteroatoms. The fraction of sp³-hybridized carbons (Fsp3) is 0.125. The highest BCUT2D eigenvalue weighted by molar-refractivity contribution is 7.94. The summed E-state index contributed by atoms with van der Waals surface area (Å²) in [7, 11) is -2.91. The Morgan fingerprint density at radius 1 is 1.24 bits per heavy atom. The molecule has 0 spiro atoms. The van der Waals surface area contributed by atoms with E-state index < -0.39 is 32.7 Å². The van der Waals surface area contributed by atoms with Crippen molar-refractivity contribution in [2.75, 3.05) is 17.3 Å². The minimum atomic E-state index is -4.27.